The number of anilines is 2. The molecule has 0 aromatic heterocycles. The number of amides is 2. The van der Waals surface area contributed by atoms with Crippen molar-refractivity contribution < 1.29 is 9.59 Å². The highest BCUT2D eigenvalue weighted by Crippen LogP contribution is 2.30. The Morgan fingerprint density at radius 2 is 1.67 bits per heavy atom. The molecule has 3 rings (SSSR count). The Morgan fingerprint density at radius 3 is 2.25 bits per heavy atom. The van der Waals surface area contributed by atoms with Crippen LogP contribution in [-0.4, -0.2) is 17.9 Å². The van der Waals surface area contributed by atoms with Crippen molar-refractivity contribution >= 4 is 23.2 Å². The van der Waals surface area contributed by atoms with Crippen LogP contribution in [0.4, 0.5) is 11.4 Å². The largest absolute Gasteiger partial charge is 0.373 e. The summed E-state index contributed by atoms with van der Waals surface area (Å²) in [5, 5.41) is 3.20. The Morgan fingerprint density at radius 1 is 1.04 bits per heavy atom. The maximum Gasteiger partial charge on any atom is 0.256 e. The van der Waals surface area contributed by atoms with E-state index in [-0.39, 0.29) is 18.2 Å². The number of nitrogens with zero attached hydrogens (tertiary/aromatic N) is 1. The summed E-state index contributed by atoms with van der Waals surface area (Å²) in [6.07, 6.45) is 1.16. The number of para-hydroxylation sites is 1. The number of imide groups is 1. The van der Waals surface area contributed by atoms with Crippen LogP contribution in [0.25, 0.3) is 0 Å². The molecule has 1 unspecified atom stereocenters. The van der Waals surface area contributed by atoms with Crippen LogP contribution < -0.4 is 10.2 Å². The van der Waals surface area contributed by atoms with Gasteiger partial charge < -0.3 is 5.32 Å². The van der Waals surface area contributed by atoms with Crippen LogP contribution in [0, 0.1) is 13.8 Å². The van der Waals surface area contributed by atoms with Gasteiger partial charge in [0.1, 0.15) is 6.04 Å². The van der Waals surface area contributed by atoms with Crippen molar-refractivity contribution in [2.75, 3.05) is 10.2 Å². The lowest BCUT2D eigenvalue weighted by Gasteiger charge is -2.20. The van der Waals surface area contributed by atoms with Crippen LogP contribution >= 0.6 is 0 Å². The molecule has 2 aromatic carbocycles. The van der Waals surface area contributed by atoms with Crippen LogP contribution in [0.15, 0.2) is 42.5 Å². The molecule has 2 aromatic rings. The standard InChI is InChI=1S/C20H22N2O2/c1-4-15-8-10-16(11-9-15)21-17-12-18(23)22(20(17)24)19-13(2)6-5-7-14(19)3/h5-11,17,21H,4,12H2,1-3H3. The third-order valence-corrected chi connectivity index (χ3v) is 4.51. The Labute approximate surface area is 142 Å². The van der Waals surface area contributed by atoms with E-state index in [1.54, 1.807) is 0 Å². The van der Waals surface area contributed by atoms with Gasteiger partial charge in [-0.1, -0.05) is 37.3 Å². The molecule has 1 aliphatic rings. The summed E-state index contributed by atoms with van der Waals surface area (Å²) < 4.78 is 0. The van der Waals surface area contributed by atoms with Gasteiger partial charge in [-0.15, -0.1) is 0 Å². The van der Waals surface area contributed by atoms with Gasteiger partial charge >= 0.3 is 0 Å². The van der Waals surface area contributed by atoms with Gasteiger partial charge in [0.25, 0.3) is 5.91 Å². The average molecular weight is 322 g/mol. The van der Waals surface area contributed by atoms with Crippen LogP contribution in [0.2, 0.25) is 0 Å². The summed E-state index contributed by atoms with van der Waals surface area (Å²) in [4.78, 5) is 26.6. The van der Waals surface area contributed by atoms with Crippen LogP contribution in [-0.2, 0) is 16.0 Å². The van der Waals surface area contributed by atoms with E-state index < -0.39 is 6.04 Å². The van der Waals surface area contributed by atoms with Crippen molar-refractivity contribution in [3.05, 3.63) is 59.2 Å². The highest BCUT2D eigenvalue weighted by molar-refractivity contribution is 6.23. The molecule has 4 heteroatoms. The van der Waals surface area contributed by atoms with E-state index in [1.165, 1.54) is 10.5 Å². The molecule has 0 spiro atoms. The first kappa shape index (κ1) is 16.2. The summed E-state index contributed by atoms with van der Waals surface area (Å²) in [6, 6.07) is 13.3. The van der Waals surface area contributed by atoms with Gasteiger partial charge in [-0.05, 0) is 49.1 Å². The zero-order chi connectivity index (χ0) is 17.3. The second kappa shape index (κ2) is 6.48. The molecule has 2 amide bonds. The zero-order valence-corrected chi connectivity index (χ0v) is 14.3. The van der Waals surface area contributed by atoms with Crippen LogP contribution in [0.3, 0.4) is 0 Å². The normalized spacial score (nSPS) is 17.5. The first-order chi connectivity index (χ1) is 11.5. The lowest BCUT2D eigenvalue weighted by molar-refractivity contribution is -0.121. The molecule has 1 heterocycles. The van der Waals surface area contributed by atoms with Crippen molar-refractivity contribution in [2.24, 2.45) is 0 Å². The van der Waals surface area contributed by atoms with Gasteiger partial charge in [0.2, 0.25) is 5.91 Å². The first-order valence-electron chi connectivity index (χ1n) is 8.29. The fraction of sp³-hybridized carbons (Fsp3) is 0.300. The molecule has 1 N–H and O–H groups in total. The predicted octanol–water partition coefficient (Wildman–Crippen LogP) is 3.61. The van der Waals surface area contributed by atoms with Gasteiger partial charge in [-0.3, -0.25) is 9.59 Å². The van der Waals surface area contributed by atoms with E-state index in [0.29, 0.717) is 0 Å². The lowest BCUT2D eigenvalue weighted by atomic mass is 10.1. The van der Waals surface area contributed by atoms with E-state index in [9.17, 15) is 9.59 Å². The minimum atomic E-state index is -0.510. The van der Waals surface area contributed by atoms with Gasteiger partial charge in [0.15, 0.2) is 0 Å². The SMILES string of the molecule is CCc1ccc(NC2CC(=O)N(c3c(C)cccc3C)C2=O)cc1. The first-order valence-corrected chi connectivity index (χ1v) is 8.29. The summed E-state index contributed by atoms with van der Waals surface area (Å²) in [5.74, 6) is -0.336. The Bertz CT molecular complexity index is 760. The summed E-state index contributed by atoms with van der Waals surface area (Å²) >= 11 is 0. The Kier molecular flexibility index (Phi) is 4.38. The maximum atomic E-state index is 12.8. The number of nitrogens with one attached hydrogen (secondary N) is 1. The molecule has 0 bridgehead atoms. The molecule has 1 saturated heterocycles. The van der Waals surface area contributed by atoms with Gasteiger partial charge in [0.05, 0.1) is 12.1 Å². The number of benzene rings is 2. The van der Waals surface area contributed by atoms with Crippen molar-refractivity contribution in [1.82, 2.24) is 0 Å². The van der Waals surface area contributed by atoms with Gasteiger partial charge in [0, 0.05) is 5.69 Å². The molecule has 0 saturated carbocycles. The summed E-state index contributed by atoms with van der Waals surface area (Å²) in [6.45, 7) is 5.95. The number of aryl methyl sites for hydroxylation is 3. The van der Waals surface area contributed by atoms with Gasteiger partial charge in [-0.2, -0.15) is 0 Å². The molecular formula is C20H22N2O2. The second-order valence-electron chi connectivity index (χ2n) is 6.26. The molecule has 0 aliphatic carbocycles. The Hall–Kier alpha value is -2.62. The fourth-order valence-electron chi connectivity index (χ4n) is 3.18. The Balaban J connectivity index is 1.83. The van der Waals surface area contributed by atoms with Crippen molar-refractivity contribution in [3.8, 4) is 0 Å². The topological polar surface area (TPSA) is 49.4 Å². The third-order valence-electron chi connectivity index (χ3n) is 4.51. The van der Waals surface area contributed by atoms with Crippen molar-refractivity contribution in [3.63, 3.8) is 0 Å². The van der Waals surface area contributed by atoms with E-state index in [1.807, 2.05) is 56.3 Å². The number of hydrogen-bond donors (Lipinski definition) is 1. The molecule has 1 fully saturated rings. The molecule has 1 atom stereocenters. The zero-order valence-electron chi connectivity index (χ0n) is 14.3. The second-order valence-corrected chi connectivity index (χ2v) is 6.26. The minimum absolute atomic E-state index is 0.153. The highest BCUT2D eigenvalue weighted by atomic mass is 16.2. The molecule has 124 valence electrons. The smallest absolute Gasteiger partial charge is 0.256 e. The van der Waals surface area contributed by atoms with Crippen molar-refractivity contribution in [2.45, 2.75) is 39.7 Å². The maximum absolute atomic E-state index is 12.8. The fourth-order valence-corrected chi connectivity index (χ4v) is 3.18. The van der Waals surface area contributed by atoms with Gasteiger partial charge in [-0.25, -0.2) is 4.90 Å². The average Bonchev–Trinajstić information content (AvgIpc) is 2.83. The third kappa shape index (κ3) is 2.92. The minimum Gasteiger partial charge on any atom is -0.373 e. The summed E-state index contributed by atoms with van der Waals surface area (Å²) in [5.41, 5.74) is 4.70. The molecular weight excluding hydrogens is 300 g/mol. The number of carbonyl (C=O) groups excluding carboxylic acids is 2. The van der Waals surface area contributed by atoms with Crippen LogP contribution in [0.1, 0.15) is 30.0 Å². The van der Waals surface area contributed by atoms with Crippen molar-refractivity contribution in [1.29, 1.82) is 0 Å². The molecule has 24 heavy (non-hydrogen) atoms. The molecule has 4 nitrogen and oxygen atoms in total. The van der Waals surface area contributed by atoms with E-state index in [0.717, 1.165) is 28.9 Å². The molecule has 0 radical (unpaired) electrons. The number of carbonyl (C=O) groups is 2. The van der Waals surface area contributed by atoms with E-state index >= 15 is 0 Å². The van der Waals surface area contributed by atoms with E-state index in [2.05, 4.69) is 12.2 Å². The predicted molar refractivity (Wildman–Crippen MR) is 96.3 cm³/mol. The van der Waals surface area contributed by atoms with E-state index in [4.69, 9.17) is 0 Å². The summed E-state index contributed by atoms with van der Waals surface area (Å²) in [7, 11) is 0. The molecule has 1 aliphatic heterocycles. The quantitative estimate of drug-likeness (QED) is 0.875. The monoisotopic (exact) mass is 322 g/mol. The highest BCUT2D eigenvalue weighted by Gasteiger charge is 2.40. The lowest BCUT2D eigenvalue weighted by Crippen LogP contribution is -2.35. The number of rotatable bonds is 4. The van der Waals surface area contributed by atoms with Crippen LogP contribution in [0.5, 0.6) is 0 Å². The number of hydrogen-bond acceptors (Lipinski definition) is 3.